The number of H-pyrrole nitrogens is 1. The number of aryl methyl sites for hydroxylation is 4. The lowest BCUT2D eigenvalue weighted by atomic mass is 10.0. The highest BCUT2D eigenvalue weighted by Crippen LogP contribution is 2.36. The molecule has 0 unspecified atom stereocenters. The fourth-order valence-electron chi connectivity index (χ4n) is 3.56. The van der Waals surface area contributed by atoms with Gasteiger partial charge in [-0.25, -0.2) is 4.39 Å². The van der Waals surface area contributed by atoms with Crippen molar-refractivity contribution in [2.24, 2.45) is 14.1 Å². The number of fused-ring (bicyclic) bond motifs is 1. The van der Waals surface area contributed by atoms with Gasteiger partial charge >= 0.3 is 0 Å². The van der Waals surface area contributed by atoms with E-state index in [4.69, 9.17) is 4.74 Å². The number of pyridine rings is 2. The summed E-state index contributed by atoms with van der Waals surface area (Å²) in [7, 11) is 3.29. The van der Waals surface area contributed by atoms with E-state index in [1.807, 2.05) is 0 Å². The molecule has 0 bridgehead atoms. The summed E-state index contributed by atoms with van der Waals surface area (Å²) in [5.74, 6) is 0.195. The van der Waals surface area contributed by atoms with E-state index in [2.05, 4.69) is 4.98 Å². The largest absolute Gasteiger partial charge is 0.450 e. The Hall–Kier alpha value is -3.61. The van der Waals surface area contributed by atoms with E-state index in [9.17, 15) is 14.0 Å². The fourth-order valence-corrected chi connectivity index (χ4v) is 3.56. The first kappa shape index (κ1) is 18.7. The van der Waals surface area contributed by atoms with Crippen molar-refractivity contribution >= 4 is 10.9 Å². The molecule has 0 radical (unpaired) electrons. The predicted molar refractivity (Wildman–Crippen MR) is 110 cm³/mol. The Kier molecular flexibility index (Phi) is 4.38. The lowest BCUT2D eigenvalue weighted by Crippen LogP contribution is -2.20. The monoisotopic (exact) mass is 393 g/mol. The molecule has 6 nitrogen and oxygen atoms in total. The molecule has 0 atom stereocenters. The molecule has 0 spiro atoms. The van der Waals surface area contributed by atoms with E-state index >= 15 is 0 Å². The highest BCUT2D eigenvalue weighted by molar-refractivity contribution is 5.95. The van der Waals surface area contributed by atoms with Crippen molar-refractivity contribution in [1.29, 1.82) is 0 Å². The van der Waals surface area contributed by atoms with Crippen molar-refractivity contribution in [3.8, 4) is 22.6 Å². The third-order valence-electron chi connectivity index (χ3n) is 5.04. The van der Waals surface area contributed by atoms with Gasteiger partial charge in [0.2, 0.25) is 0 Å². The van der Waals surface area contributed by atoms with Gasteiger partial charge in [-0.2, -0.15) is 0 Å². The molecule has 0 aliphatic carbocycles. The molecule has 4 aromatic rings. The van der Waals surface area contributed by atoms with Gasteiger partial charge < -0.3 is 18.9 Å². The molecule has 0 amide bonds. The van der Waals surface area contributed by atoms with Gasteiger partial charge in [-0.3, -0.25) is 9.59 Å². The van der Waals surface area contributed by atoms with Crippen LogP contribution in [0.15, 0.2) is 52.4 Å². The molecular formula is C22H20FN3O3. The van der Waals surface area contributed by atoms with Crippen LogP contribution in [0.2, 0.25) is 0 Å². The Labute approximate surface area is 165 Å². The highest BCUT2D eigenvalue weighted by atomic mass is 19.1. The highest BCUT2D eigenvalue weighted by Gasteiger charge is 2.19. The summed E-state index contributed by atoms with van der Waals surface area (Å²) in [4.78, 5) is 28.3. The first-order valence-corrected chi connectivity index (χ1v) is 9.09. The molecule has 7 heteroatoms. The van der Waals surface area contributed by atoms with E-state index in [0.717, 1.165) is 0 Å². The third-order valence-corrected chi connectivity index (χ3v) is 5.04. The van der Waals surface area contributed by atoms with Gasteiger partial charge in [-0.05, 0) is 49.2 Å². The summed E-state index contributed by atoms with van der Waals surface area (Å²) >= 11 is 0. The van der Waals surface area contributed by atoms with Crippen LogP contribution in [0, 0.1) is 19.7 Å². The summed E-state index contributed by atoms with van der Waals surface area (Å²) in [6, 6.07) is 6.30. The number of halogens is 1. The van der Waals surface area contributed by atoms with Crippen molar-refractivity contribution in [1.82, 2.24) is 14.1 Å². The number of nitrogens with zero attached hydrogens (tertiary/aromatic N) is 2. The Morgan fingerprint density at radius 3 is 2.31 bits per heavy atom. The van der Waals surface area contributed by atoms with Crippen LogP contribution in [0.1, 0.15) is 11.1 Å². The van der Waals surface area contributed by atoms with Crippen LogP contribution in [0.5, 0.6) is 11.5 Å². The van der Waals surface area contributed by atoms with Crippen LogP contribution in [0.25, 0.3) is 22.0 Å². The van der Waals surface area contributed by atoms with Crippen LogP contribution >= 0.6 is 0 Å². The van der Waals surface area contributed by atoms with Crippen molar-refractivity contribution in [3.63, 3.8) is 0 Å². The molecule has 148 valence electrons. The maximum absolute atomic E-state index is 13.7. The second-order valence-corrected chi connectivity index (χ2v) is 7.17. The molecule has 0 fully saturated rings. The molecule has 0 aliphatic rings. The van der Waals surface area contributed by atoms with Gasteiger partial charge in [0.05, 0.1) is 0 Å². The SMILES string of the molecule is Cc1cc(F)cc(C)c1Oc1c(-c2cn(C)c(=O)c3[nH]ccc23)ccn(C)c1=O. The molecule has 3 heterocycles. The third kappa shape index (κ3) is 3.04. The molecule has 1 N–H and O–H groups in total. The standard InChI is InChI=1S/C22H20FN3O3/c1-12-9-14(23)10-13(2)19(12)29-20-16(6-8-25(3)22(20)28)17-11-26(4)21(27)18-15(17)5-7-24-18/h5-11,24H,1-4H3. The number of hydrogen-bond acceptors (Lipinski definition) is 3. The molecule has 0 aliphatic heterocycles. The topological polar surface area (TPSA) is 69.0 Å². The second kappa shape index (κ2) is 6.77. The normalized spacial score (nSPS) is 11.2. The Balaban J connectivity index is 2.00. The summed E-state index contributed by atoms with van der Waals surface area (Å²) < 4.78 is 22.7. The van der Waals surface area contributed by atoms with E-state index in [1.54, 1.807) is 58.7 Å². The number of nitrogens with one attached hydrogen (secondary N) is 1. The molecule has 0 saturated carbocycles. The van der Waals surface area contributed by atoms with Crippen molar-refractivity contribution in [3.05, 3.63) is 80.5 Å². The lowest BCUT2D eigenvalue weighted by Gasteiger charge is -2.16. The van der Waals surface area contributed by atoms with Crippen LogP contribution in [-0.4, -0.2) is 14.1 Å². The summed E-state index contributed by atoms with van der Waals surface area (Å²) in [5.41, 5.74) is 2.38. The predicted octanol–water partition coefficient (Wildman–Crippen LogP) is 3.78. The van der Waals surface area contributed by atoms with Crippen molar-refractivity contribution in [2.75, 3.05) is 0 Å². The zero-order valence-corrected chi connectivity index (χ0v) is 16.5. The number of aromatic nitrogens is 3. The van der Waals surface area contributed by atoms with Gasteiger partial charge in [0, 0.05) is 49.2 Å². The Morgan fingerprint density at radius 1 is 0.931 bits per heavy atom. The summed E-state index contributed by atoms with van der Waals surface area (Å²) in [6.45, 7) is 3.46. The van der Waals surface area contributed by atoms with Gasteiger partial charge in [0.15, 0.2) is 5.75 Å². The zero-order valence-electron chi connectivity index (χ0n) is 16.5. The second-order valence-electron chi connectivity index (χ2n) is 7.17. The van der Waals surface area contributed by atoms with E-state index in [-0.39, 0.29) is 22.7 Å². The van der Waals surface area contributed by atoms with Gasteiger partial charge in [0.25, 0.3) is 11.1 Å². The minimum atomic E-state index is -0.361. The number of benzene rings is 1. The minimum Gasteiger partial charge on any atom is -0.450 e. The molecular weight excluding hydrogens is 373 g/mol. The minimum absolute atomic E-state index is 0.119. The maximum atomic E-state index is 13.7. The molecule has 29 heavy (non-hydrogen) atoms. The first-order valence-electron chi connectivity index (χ1n) is 9.09. The Morgan fingerprint density at radius 2 is 1.62 bits per heavy atom. The molecule has 3 aromatic heterocycles. The van der Waals surface area contributed by atoms with Gasteiger partial charge in [0.1, 0.15) is 17.1 Å². The average molecular weight is 393 g/mol. The number of ether oxygens (including phenoxy) is 1. The smallest absolute Gasteiger partial charge is 0.293 e. The van der Waals surface area contributed by atoms with E-state index in [0.29, 0.717) is 38.9 Å². The maximum Gasteiger partial charge on any atom is 0.293 e. The summed E-state index contributed by atoms with van der Waals surface area (Å²) in [6.07, 6.45) is 5.02. The lowest BCUT2D eigenvalue weighted by molar-refractivity contribution is 0.462. The van der Waals surface area contributed by atoms with Gasteiger partial charge in [-0.1, -0.05) is 0 Å². The zero-order chi connectivity index (χ0) is 20.9. The van der Waals surface area contributed by atoms with Crippen LogP contribution in [0.3, 0.4) is 0 Å². The number of aromatic amines is 1. The number of rotatable bonds is 3. The van der Waals surface area contributed by atoms with E-state index in [1.165, 1.54) is 21.3 Å². The van der Waals surface area contributed by atoms with Crippen molar-refractivity contribution in [2.45, 2.75) is 13.8 Å². The Bertz CT molecular complexity index is 1360. The summed E-state index contributed by atoms with van der Waals surface area (Å²) in [5, 5.41) is 0.693. The van der Waals surface area contributed by atoms with Crippen molar-refractivity contribution < 1.29 is 9.13 Å². The van der Waals surface area contributed by atoms with Crippen LogP contribution < -0.4 is 15.9 Å². The average Bonchev–Trinajstić information content (AvgIpc) is 3.15. The molecule has 1 aromatic carbocycles. The molecule has 0 saturated heterocycles. The quantitative estimate of drug-likeness (QED) is 0.576. The fraction of sp³-hybridized carbons (Fsp3) is 0.182. The molecule has 4 rings (SSSR count). The van der Waals surface area contributed by atoms with E-state index < -0.39 is 0 Å². The number of hydrogen-bond donors (Lipinski definition) is 1. The van der Waals surface area contributed by atoms with Crippen LogP contribution in [-0.2, 0) is 14.1 Å². The van der Waals surface area contributed by atoms with Gasteiger partial charge in [-0.15, -0.1) is 0 Å². The van der Waals surface area contributed by atoms with Crippen LogP contribution in [0.4, 0.5) is 4.39 Å². The first-order chi connectivity index (χ1) is 13.8.